The summed E-state index contributed by atoms with van der Waals surface area (Å²) in [7, 11) is 0. The van der Waals surface area contributed by atoms with Crippen LogP contribution < -0.4 is 5.32 Å². The van der Waals surface area contributed by atoms with Gasteiger partial charge in [0.25, 0.3) is 0 Å². The zero-order valence-corrected chi connectivity index (χ0v) is 8.99. The van der Waals surface area contributed by atoms with Crippen LogP contribution in [0.2, 0.25) is 0 Å². The molecule has 2 rings (SSSR count). The molecule has 1 aromatic heterocycles. The minimum Gasteiger partial charge on any atom is -0.478 e. The van der Waals surface area contributed by atoms with Gasteiger partial charge in [0.2, 0.25) is 12.1 Å². The molecule has 2 aromatic rings. The van der Waals surface area contributed by atoms with E-state index < -0.39 is 18.0 Å². The highest BCUT2D eigenvalue weighted by Gasteiger charge is 2.23. The Kier molecular flexibility index (Phi) is 2.73. The highest BCUT2D eigenvalue weighted by molar-refractivity contribution is 5.83. The monoisotopic (exact) mass is 234 g/mol. The molecule has 0 spiro atoms. The molecule has 1 aromatic carbocycles. The van der Waals surface area contributed by atoms with Crippen LogP contribution in [0.25, 0.3) is 11.0 Å². The number of aliphatic carboxylic acids is 1. The number of carboxylic acids is 1. The molecule has 1 unspecified atom stereocenters. The first-order valence-corrected chi connectivity index (χ1v) is 4.89. The average Bonchev–Trinajstić information content (AvgIpc) is 2.69. The third-order valence-electron chi connectivity index (χ3n) is 2.20. The van der Waals surface area contributed by atoms with Crippen LogP contribution in [0.1, 0.15) is 13.1 Å². The molecule has 1 heterocycles. The number of rotatable bonds is 3. The summed E-state index contributed by atoms with van der Waals surface area (Å²) in [4.78, 5) is 22.0. The lowest BCUT2D eigenvalue weighted by molar-refractivity contribution is -0.144. The topological polar surface area (TPSA) is 97.1 Å². The molecule has 0 fully saturated rings. The quantitative estimate of drug-likeness (QED) is 0.787. The molecule has 88 valence electrons. The first-order valence-electron chi connectivity index (χ1n) is 4.89. The number of carbonyl (C=O) groups is 2. The lowest BCUT2D eigenvalue weighted by Gasteiger charge is -2.13. The number of amides is 1. The van der Waals surface area contributed by atoms with Gasteiger partial charge in [-0.05, 0) is 12.1 Å². The second-order valence-electron chi connectivity index (χ2n) is 3.46. The van der Waals surface area contributed by atoms with Crippen LogP contribution in [0, 0.1) is 0 Å². The molecular weight excluding hydrogens is 224 g/mol. The summed E-state index contributed by atoms with van der Waals surface area (Å²) in [5.74, 6) is -1.65. The number of hydrogen-bond acceptors (Lipinski definition) is 4. The van der Waals surface area contributed by atoms with Crippen LogP contribution in [-0.2, 0) is 9.59 Å². The maximum atomic E-state index is 11.1. The lowest BCUT2D eigenvalue weighted by Crippen LogP contribution is -2.37. The first kappa shape index (κ1) is 11.1. The third kappa shape index (κ3) is 2.07. The molecule has 0 saturated heterocycles. The number of hydrogen-bond donors (Lipinski definition) is 2. The van der Waals surface area contributed by atoms with E-state index in [1.54, 1.807) is 24.3 Å². The van der Waals surface area contributed by atoms with Crippen molar-refractivity contribution in [2.75, 3.05) is 0 Å². The van der Waals surface area contributed by atoms with Gasteiger partial charge in [0.05, 0.1) is 5.52 Å². The van der Waals surface area contributed by atoms with Crippen LogP contribution >= 0.6 is 0 Å². The van der Waals surface area contributed by atoms with Crippen LogP contribution in [-0.4, -0.2) is 32.0 Å². The van der Waals surface area contributed by atoms with E-state index in [1.165, 1.54) is 11.6 Å². The number of para-hydroxylation sites is 1. The molecule has 7 heteroatoms. The molecule has 17 heavy (non-hydrogen) atoms. The smallest absolute Gasteiger partial charge is 0.349 e. The van der Waals surface area contributed by atoms with E-state index in [0.29, 0.717) is 11.0 Å². The summed E-state index contributed by atoms with van der Waals surface area (Å²) in [5.41, 5.74) is 1.12. The van der Waals surface area contributed by atoms with Gasteiger partial charge in [0, 0.05) is 6.92 Å². The minimum absolute atomic E-state index is 0.447. The van der Waals surface area contributed by atoms with E-state index in [9.17, 15) is 9.59 Å². The highest BCUT2D eigenvalue weighted by Crippen LogP contribution is 2.13. The van der Waals surface area contributed by atoms with E-state index in [4.69, 9.17) is 5.11 Å². The number of fused-ring (bicyclic) bond motifs is 1. The molecule has 0 aliphatic carbocycles. The maximum absolute atomic E-state index is 11.1. The number of carbonyl (C=O) groups excluding carboxylic acids is 1. The molecule has 1 amide bonds. The van der Waals surface area contributed by atoms with Crippen molar-refractivity contribution >= 4 is 22.9 Å². The van der Waals surface area contributed by atoms with E-state index in [2.05, 4.69) is 15.6 Å². The van der Waals surface area contributed by atoms with Gasteiger partial charge in [-0.15, -0.1) is 5.10 Å². The van der Waals surface area contributed by atoms with Crippen molar-refractivity contribution in [2.24, 2.45) is 0 Å². The van der Waals surface area contributed by atoms with Gasteiger partial charge in [0.15, 0.2) is 0 Å². The van der Waals surface area contributed by atoms with E-state index >= 15 is 0 Å². The van der Waals surface area contributed by atoms with Crippen molar-refractivity contribution in [1.82, 2.24) is 20.3 Å². The number of benzene rings is 1. The Morgan fingerprint density at radius 1 is 1.41 bits per heavy atom. The minimum atomic E-state index is -1.25. The molecule has 2 N–H and O–H groups in total. The van der Waals surface area contributed by atoms with Crippen molar-refractivity contribution in [3.63, 3.8) is 0 Å². The second-order valence-corrected chi connectivity index (χ2v) is 3.46. The average molecular weight is 234 g/mol. The standard InChI is InChI=1S/C10H10N4O3/c1-6(15)11-9(10(16)17)14-8-5-3-2-4-7(8)12-13-14/h2-5,9H,1H3,(H,11,15)(H,16,17). The van der Waals surface area contributed by atoms with Crippen molar-refractivity contribution in [2.45, 2.75) is 13.1 Å². The molecule has 0 saturated carbocycles. The Balaban J connectivity index is 2.48. The fourth-order valence-electron chi connectivity index (χ4n) is 1.50. The van der Waals surface area contributed by atoms with Crippen LogP contribution in [0.15, 0.2) is 24.3 Å². The van der Waals surface area contributed by atoms with Crippen molar-refractivity contribution < 1.29 is 14.7 Å². The third-order valence-corrected chi connectivity index (χ3v) is 2.20. The zero-order valence-electron chi connectivity index (χ0n) is 8.99. The van der Waals surface area contributed by atoms with Crippen molar-refractivity contribution in [3.8, 4) is 0 Å². The van der Waals surface area contributed by atoms with Gasteiger partial charge in [-0.3, -0.25) is 4.79 Å². The van der Waals surface area contributed by atoms with Gasteiger partial charge >= 0.3 is 5.97 Å². The van der Waals surface area contributed by atoms with Gasteiger partial charge < -0.3 is 10.4 Å². The fourth-order valence-corrected chi connectivity index (χ4v) is 1.50. The molecule has 0 aliphatic rings. The fraction of sp³-hybridized carbons (Fsp3) is 0.200. The maximum Gasteiger partial charge on any atom is 0.349 e. The number of nitrogens with one attached hydrogen (secondary N) is 1. The van der Waals surface area contributed by atoms with Gasteiger partial charge in [-0.2, -0.15) is 0 Å². The van der Waals surface area contributed by atoms with Crippen LogP contribution in [0.5, 0.6) is 0 Å². The second kappa shape index (κ2) is 4.20. The van der Waals surface area contributed by atoms with Crippen molar-refractivity contribution in [1.29, 1.82) is 0 Å². The Hall–Kier alpha value is -2.44. The predicted molar refractivity (Wildman–Crippen MR) is 58.0 cm³/mol. The summed E-state index contributed by atoms with van der Waals surface area (Å²) in [6, 6.07) is 6.92. The Morgan fingerprint density at radius 2 is 2.12 bits per heavy atom. The molecule has 0 radical (unpaired) electrons. The zero-order chi connectivity index (χ0) is 12.4. The van der Waals surface area contributed by atoms with Gasteiger partial charge in [-0.25, -0.2) is 9.48 Å². The van der Waals surface area contributed by atoms with Crippen molar-refractivity contribution in [3.05, 3.63) is 24.3 Å². The summed E-state index contributed by atoms with van der Waals surface area (Å²) in [6.45, 7) is 1.25. The largest absolute Gasteiger partial charge is 0.478 e. The van der Waals surface area contributed by atoms with E-state index in [0.717, 1.165) is 0 Å². The predicted octanol–water partition coefficient (Wildman–Crippen LogP) is 0.151. The van der Waals surface area contributed by atoms with E-state index in [1.807, 2.05) is 0 Å². The van der Waals surface area contributed by atoms with Gasteiger partial charge in [0.1, 0.15) is 5.52 Å². The Labute approximate surface area is 96.0 Å². The van der Waals surface area contributed by atoms with E-state index in [-0.39, 0.29) is 0 Å². The molecular formula is C10H10N4O3. The van der Waals surface area contributed by atoms with Gasteiger partial charge in [-0.1, -0.05) is 17.3 Å². The number of aromatic nitrogens is 3. The molecule has 0 aliphatic heterocycles. The molecule has 0 bridgehead atoms. The normalized spacial score (nSPS) is 12.3. The molecule has 7 nitrogen and oxygen atoms in total. The summed E-state index contributed by atoms with van der Waals surface area (Å²) >= 11 is 0. The number of nitrogens with zero attached hydrogens (tertiary/aromatic N) is 3. The Bertz CT molecular complexity index is 578. The van der Waals surface area contributed by atoms with Crippen LogP contribution in [0.4, 0.5) is 0 Å². The van der Waals surface area contributed by atoms with Crippen LogP contribution in [0.3, 0.4) is 0 Å². The SMILES string of the molecule is CC(=O)NC(C(=O)O)n1nnc2ccccc21. The summed E-state index contributed by atoms with van der Waals surface area (Å²) < 4.78 is 1.17. The highest BCUT2D eigenvalue weighted by atomic mass is 16.4. The Morgan fingerprint density at radius 3 is 2.76 bits per heavy atom. The summed E-state index contributed by atoms with van der Waals surface area (Å²) in [6.07, 6.45) is -1.25. The summed E-state index contributed by atoms with van der Waals surface area (Å²) in [5, 5.41) is 18.9. The molecule has 1 atom stereocenters. The number of carboxylic acid groups (broad SMARTS) is 1. The lowest BCUT2D eigenvalue weighted by atomic mass is 10.3. The first-order chi connectivity index (χ1) is 8.09.